The monoisotopic (exact) mass is 465 g/mol. The summed E-state index contributed by atoms with van der Waals surface area (Å²) >= 11 is 9.62. The molecule has 1 amide bonds. The second kappa shape index (κ2) is 6.87. The largest absolute Gasteiger partial charge is 0.450 e. The third kappa shape index (κ3) is 2.89. The summed E-state index contributed by atoms with van der Waals surface area (Å²) in [5.41, 5.74) is 1.95. The number of fused-ring (bicyclic) bond motifs is 2. The van der Waals surface area contributed by atoms with Gasteiger partial charge in [0, 0.05) is 15.2 Å². The normalized spacial score (nSPS) is 15.7. The van der Waals surface area contributed by atoms with Crippen molar-refractivity contribution in [1.82, 2.24) is 0 Å². The zero-order chi connectivity index (χ0) is 20.1. The standard InChI is InChI=1S/C23H13BrClNO3/c24-14-10-8-13(9-11-14)20-19-21(27)17-6-1-2-7-18(17)29-22(19)23(28)26(20)16-5-3-4-15(25)12-16/h1-12,20H. The molecule has 4 nitrogen and oxygen atoms in total. The highest BCUT2D eigenvalue weighted by Gasteiger charge is 2.43. The SMILES string of the molecule is O=C1c2oc3ccccc3c(=O)c2C(c2ccc(Br)cc2)N1c1cccc(Cl)c1. The molecule has 1 aromatic heterocycles. The molecule has 0 saturated carbocycles. The minimum atomic E-state index is -0.607. The lowest BCUT2D eigenvalue weighted by Crippen LogP contribution is -2.29. The Hall–Kier alpha value is -2.89. The van der Waals surface area contributed by atoms with E-state index in [1.54, 1.807) is 53.4 Å². The fourth-order valence-corrected chi connectivity index (χ4v) is 4.22. The number of carbonyl (C=O) groups excluding carboxylic acids is 1. The van der Waals surface area contributed by atoms with Gasteiger partial charge >= 0.3 is 0 Å². The Labute approximate surface area is 179 Å². The van der Waals surface area contributed by atoms with Gasteiger partial charge in [-0.15, -0.1) is 0 Å². The van der Waals surface area contributed by atoms with Gasteiger partial charge in [0.25, 0.3) is 5.91 Å². The van der Waals surface area contributed by atoms with Crippen LogP contribution in [0.25, 0.3) is 11.0 Å². The van der Waals surface area contributed by atoms with Crippen LogP contribution in [0.2, 0.25) is 5.02 Å². The molecule has 4 aromatic rings. The van der Waals surface area contributed by atoms with Gasteiger partial charge in [-0.2, -0.15) is 0 Å². The number of anilines is 1. The molecule has 0 saturated heterocycles. The van der Waals surface area contributed by atoms with Gasteiger partial charge in [0.15, 0.2) is 5.43 Å². The fraction of sp³-hybridized carbons (Fsp3) is 0.0435. The first-order valence-electron chi connectivity index (χ1n) is 8.95. The maximum Gasteiger partial charge on any atom is 0.295 e. The van der Waals surface area contributed by atoms with Crippen molar-refractivity contribution in [2.24, 2.45) is 0 Å². The molecule has 29 heavy (non-hydrogen) atoms. The van der Waals surface area contributed by atoms with E-state index in [0.29, 0.717) is 27.2 Å². The van der Waals surface area contributed by atoms with Crippen LogP contribution in [0.5, 0.6) is 0 Å². The van der Waals surface area contributed by atoms with Crippen LogP contribution in [-0.4, -0.2) is 5.91 Å². The van der Waals surface area contributed by atoms with E-state index >= 15 is 0 Å². The van der Waals surface area contributed by atoms with Gasteiger partial charge in [0.05, 0.1) is 17.0 Å². The fourth-order valence-electron chi connectivity index (χ4n) is 3.77. The van der Waals surface area contributed by atoms with Gasteiger partial charge in [-0.1, -0.05) is 57.9 Å². The van der Waals surface area contributed by atoms with E-state index < -0.39 is 6.04 Å². The second-order valence-corrected chi connectivity index (χ2v) is 8.13. The van der Waals surface area contributed by atoms with Gasteiger partial charge < -0.3 is 4.42 Å². The van der Waals surface area contributed by atoms with E-state index in [9.17, 15) is 9.59 Å². The average molecular weight is 467 g/mol. The Morgan fingerprint density at radius 3 is 2.45 bits per heavy atom. The van der Waals surface area contributed by atoms with Gasteiger partial charge in [-0.25, -0.2) is 0 Å². The summed E-state index contributed by atoms with van der Waals surface area (Å²) in [6, 6.07) is 20.9. The Bertz CT molecular complexity index is 1330. The van der Waals surface area contributed by atoms with E-state index in [1.807, 2.05) is 24.3 Å². The first-order valence-corrected chi connectivity index (χ1v) is 10.1. The Kier molecular flexibility index (Phi) is 4.30. The van der Waals surface area contributed by atoms with Crippen LogP contribution in [0.4, 0.5) is 5.69 Å². The van der Waals surface area contributed by atoms with E-state index in [0.717, 1.165) is 10.0 Å². The molecule has 0 aliphatic carbocycles. The molecule has 1 unspecified atom stereocenters. The topological polar surface area (TPSA) is 50.5 Å². The number of hydrogen-bond donors (Lipinski definition) is 0. The maximum absolute atomic E-state index is 13.4. The van der Waals surface area contributed by atoms with Gasteiger partial charge in [-0.05, 0) is 48.0 Å². The number of halogens is 2. The van der Waals surface area contributed by atoms with Crippen LogP contribution >= 0.6 is 27.5 Å². The molecular weight excluding hydrogens is 454 g/mol. The number of amides is 1. The zero-order valence-corrected chi connectivity index (χ0v) is 17.3. The predicted octanol–water partition coefficient (Wildman–Crippen LogP) is 5.96. The van der Waals surface area contributed by atoms with Crippen LogP contribution in [0, 0.1) is 0 Å². The van der Waals surface area contributed by atoms with Gasteiger partial charge in [-0.3, -0.25) is 14.5 Å². The molecule has 1 atom stereocenters. The molecule has 0 spiro atoms. The van der Waals surface area contributed by atoms with Gasteiger partial charge in [0.2, 0.25) is 5.76 Å². The highest BCUT2D eigenvalue weighted by atomic mass is 79.9. The number of nitrogens with zero attached hydrogens (tertiary/aromatic N) is 1. The van der Waals surface area contributed by atoms with E-state index in [2.05, 4.69) is 15.9 Å². The van der Waals surface area contributed by atoms with Crippen molar-refractivity contribution in [1.29, 1.82) is 0 Å². The minimum absolute atomic E-state index is 0.0709. The smallest absolute Gasteiger partial charge is 0.295 e. The molecule has 2 heterocycles. The van der Waals surface area contributed by atoms with Crippen molar-refractivity contribution in [2.45, 2.75) is 6.04 Å². The van der Waals surface area contributed by atoms with Crippen molar-refractivity contribution in [3.63, 3.8) is 0 Å². The molecule has 6 heteroatoms. The lowest BCUT2D eigenvalue weighted by Gasteiger charge is -2.25. The van der Waals surface area contributed by atoms with E-state index in [4.69, 9.17) is 16.0 Å². The lowest BCUT2D eigenvalue weighted by molar-refractivity contribution is 0.0971. The van der Waals surface area contributed by atoms with Crippen LogP contribution in [0.15, 0.2) is 86.5 Å². The van der Waals surface area contributed by atoms with Crippen molar-refractivity contribution < 1.29 is 9.21 Å². The first-order chi connectivity index (χ1) is 14.0. The molecular formula is C23H13BrClNO3. The Balaban J connectivity index is 1.82. The van der Waals surface area contributed by atoms with E-state index in [1.165, 1.54) is 0 Å². The summed E-state index contributed by atoms with van der Waals surface area (Å²) in [5.74, 6) is -0.292. The van der Waals surface area contributed by atoms with Crippen LogP contribution in [0.1, 0.15) is 27.7 Å². The number of hydrogen-bond acceptors (Lipinski definition) is 3. The Morgan fingerprint density at radius 1 is 0.931 bits per heavy atom. The summed E-state index contributed by atoms with van der Waals surface area (Å²) in [5, 5.41) is 0.958. The minimum Gasteiger partial charge on any atom is -0.450 e. The van der Waals surface area contributed by atoms with Crippen molar-refractivity contribution in [3.8, 4) is 0 Å². The summed E-state index contributed by atoms with van der Waals surface area (Å²) in [6.07, 6.45) is 0. The predicted molar refractivity (Wildman–Crippen MR) is 117 cm³/mol. The average Bonchev–Trinajstić information content (AvgIpc) is 3.02. The molecule has 142 valence electrons. The zero-order valence-electron chi connectivity index (χ0n) is 14.9. The summed E-state index contributed by atoms with van der Waals surface area (Å²) in [6.45, 7) is 0. The van der Waals surface area contributed by atoms with Gasteiger partial charge in [0.1, 0.15) is 5.58 Å². The molecule has 0 bridgehead atoms. The molecule has 3 aromatic carbocycles. The van der Waals surface area contributed by atoms with Crippen molar-refractivity contribution in [2.75, 3.05) is 4.90 Å². The molecule has 1 aliphatic rings. The highest BCUT2D eigenvalue weighted by molar-refractivity contribution is 9.10. The Morgan fingerprint density at radius 2 is 1.69 bits per heavy atom. The summed E-state index contributed by atoms with van der Waals surface area (Å²) in [4.78, 5) is 28.4. The summed E-state index contributed by atoms with van der Waals surface area (Å²) < 4.78 is 6.83. The summed E-state index contributed by atoms with van der Waals surface area (Å²) in [7, 11) is 0. The van der Waals surface area contributed by atoms with Crippen molar-refractivity contribution in [3.05, 3.63) is 109 Å². The number of rotatable bonds is 2. The highest BCUT2D eigenvalue weighted by Crippen LogP contribution is 2.41. The number of para-hydroxylation sites is 1. The molecule has 0 fully saturated rings. The molecule has 0 N–H and O–H groups in total. The van der Waals surface area contributed by atoms with Crippen molar-refractivity contribution >= 4 is 50.1 Å². The third-order valence-corrected chi connectivity index (χ3v) is 5.81. The number of benzene rings is 3. The quantitative estimate of drug-likeness (QED) is 0.366. The molecule has 0 radical (unpaired) electrons. The van der Waals surface area contributed by atoms with Crippen LogP contribution < -0.4 is 10.3 Å². The molecule has 5 rings (SSSR count). The van der Waals surface area contributed by atoms with Crippen LogP contribution in [-0.2, 0) is 0 Å². The molecule has 1 aliphatic heterocycles. The lowest BCUT2D eigenvalue weighted by atomic mass is 9.98. The maximum atomic E-state index is 13.4. The third-order valence-electron chi connectivity index (χ3n) is 5.05. The number of carbonyl (C=O) groups is 1. The van der Waals surface area contributed by atoms with Crippen LogP contribution in [0.3, 0.4) is 0 Å². The van der Waals surface area contributed by atoms with E-state index in [-0.39, 0.29) is 17.1 Å². The first kappa shape index (κ1) is 18.2. The second-order valence-electron chi connectivity index (χ2n) is 6.78.